The minimum atomic E-state index is -0.552. The van der Waals surface area contributed by atoms with E-state index in [-0.39, 0.29) is 17.2 Å². The Balaban J connectivity index is 3.00. The molecule has 6 nitrogen and oxygen atoms in total. The summed E-state index contributed by atoms with van der Waals surface area (Å²) in [7, 11) is -1.66. The first-order valence-electron chi connectivity index (χ1n) is 3.44. The van der Waals surface area contributed by atoms with Crippen molar-refractivity contribution in [3.05, 3.63) is 18.2 Å². The quantitative estimate of drug-likeness (QED) is 0.732. The predicted octanol–water partition coefficient (Wildman–Crippen LogP) is 3.44. The van der Waals surface area contributed by atoms with Crippen molar-refractivity contribution in [2.24, 2.45) is 0 Å². The molecule has 1 aromatic rings. The minimum Gasteiger partial charge on any atom is -0.407 e. The Morgan fingerprint density at radius 3 is 1.13 bits per heavy atom. The van der Waals surface area contributed by atoms with E-state index in [1.165, 1.54) is 18.2 Å². The van der Waals surface area contributed by atoms with Gasteiger partial charge in [-0.1, -0.05) is 0 Å². The molecule has 0 aliphatic carbocycles. The summed E-state index contributed by atoms with van der Waals surface area (Å²) in [5, 5.41) is 0. The third kappa shape index (κ3) is 3.88. The van der Waals surface area contributed by atoms with Crippen molar-refractivity contribution < 1.29 is 27.3 Å². The molecule has 0 spiro atoms. The van der Waals surface area contributed by atoms with Crippen LogP contribution >= 0.6 is 26.1 Å². The van der Waals surface area contributed by atoms with Gasteiger partial charge in [0.25, 0.3) is 0 Å². The largest absolute Gasteiger partial charge is 0.407 e. The van der Waals surface area contributed by atoms with Gasteiger partial charge in [0.2, 0.25) is 0 Å². The van der Waals surface area contributed by atoms with E-state index in [1.54, 1.807) is 0 Å². The lowest BCUT2D eigenvalue weighted by Gasteiger charge is -2.02. The maximum absolute atomic E-state index is 10.2. The van der Waals surface area contributed by atoms with E-state index in [9.17, 15) is 13.7 Å². The highest BCUT2D eigenvalue weighted by atomic mass is 31.1. The van der Waals surface area contributed by atoms with Crippen molar-refractivity contribution in [3.63, 3.8) is 0 Å². The van der Waals surface area contributed by atoms with Gasteiger partial charge < -0.3 is 13.6 Å². The molecule has 0 saturated carbocycles. The van der Waals surface area contributed by atoms with Gasteiger partial charge in [-0.25, -0.2) is 13.7 Å². The summed E-state index contributed by atoms with van der Waals surface area (Å²) in [4.78, 5) is 0. The lowest BCUT2D eigenvalue weighted by molar-refractivity contribution is 0.504. The van der Waals surface area contributed by atoms with Gasteiger partial charge in [0.05, 0.1) is 0 Å². The Labute approximate surface area is 89.4 Å². The van der Waals surface area contributed by atoms with E-state index in [0.29, 0.717) is 0 Å². The molecule has 0 N–H and O–H groups in total. The van der Waals surface area contributed by atoms with Gasteiger partial charge in [0.1, 0.15) is 17.2 Å². The zero-order chi connectivity index (χ0) is 11.1. The van der Waals surface area contributed by atoms with Crippen LogP contribution in [0.3, 0.4) is 0 Å². The molecule has 0 aliphatic heterocycles. The van der Waals surface area contributed by atoms with Crippen molar-refractivity contribution in [2.45, 2.75) is 0 Å². The van der Waals surface area contributed by atoms with E-state index in [2.05, 4.69) is 13.6 Å². The Morgan fingerprint density at radius 1 is 0.667 bits per heavy atom. The fourth-order valence-corrected chi connectivity index (χ4v) is 1.41. The summed E-state index contributed by atoms with van der Waals surface area (Å²) >= 11 is 0. The molecule has 15 heavy (non-hydrogen) atoms. The summed E-state index contributed by atoms with van der Waals surface area (Å²) < 4.78 is 44.4. The van der Waals surface area contributed by atoms with Crippen molar-refractivity contribution in [3.8, 4) is 17.2 Å². The Kier molecular flexibility index (Phi) is 5.13. The zero-order valence-electron chi connectivity index (χ0n) is 7.02. The van der Waals surface area contributed by atoms with Crippen LogP contribution in [0.5, 0.6) is 17.2 Å². The molecule has 0 aliphatic rings. The van der Waals surface area contributed by atoms with Crippen LogP contribution in [0.2, 0.25) is 0 Å². The molecule has 9 heteroatoms. The third-order valence-corrected chi connectivity index (χ3v) is 2.14. The van der Waals surface area contributed by atoms with Crippen molar-refractivity contribution in [1.29, 1.82) is 0 Å². The van der Waals surface area contributed by atoms with Crippen molar-refractivity contribution in [2.75, 3.05) is 0 Å². The van der Waals surface area contributed by atoms with E-state index < -0.39 is 26.1 Å². The van der Waals surface area contributed by atoms with Crippen molar-refractivity contribution in [1.82, 2.24) is 0 Å². The smallest absolute Gasteiger partial charge is 0.395 e. The molecule has 0 bridgehead atoms. The average Bonchev–Trinajstić information content (AvgIpc) is 2.19. The number of benzene rings is 1. The SMILES string of the molecule is O=POc1cc(OP=O)cc(OP=O)c1. The van der Waals surface area contributed by atoms with Crippen LogP contribution in [-0.2, 0) is 13.7 Å². The first kappa shape index (κ1) is 12.0. The summed E-state index contributed by atoms with van der Waals surface area (Å²) in [5.41, 5.74) is 0. The second-order valence-corrected chi connectivity index (χ2v) is 3.13. The van der Waals surface area contributed by atoms with Crippen LogP contribution in [0, 0.1) is 0 Å². The van der Waals surface area contributed by atoms with Gasteiger partial charge in [0.15, 0.2) is 0 Å². The highest BCUT2D eigenvalue weighted by Gasteiger charge is 2.05. The van der Waals surface area contributed by atoms with Gasteiger partial charge >= 0.3 is 26.1 Å². The van der Waals surface area contributed by atoms with Crippen molar-refractivity contribution >= 4 is 26.1 Å². The first-order valence-corrected chi connectivity index (χ1v) is 5.63. The summed E-state index contributed by atoms with van der Waals surface area (Å²) in [6, 6.07) is 4.05. The number of hydrogen-bond donors (Lipinski definition) is 0. The zero-order valence-corrected chi connectivity index (χ0v) is 9.71. The molecule has 0 amide bonds. The fraction of sp³-hybridized carbons (Fsp3) is 0. The minimum absolute atomic E-state index is 0.173. The van der Waals surface area contributed by atoms with Crippen LogP contribution in [0.4, 0.5) is 0 Å². The van der Waals surface area contributed by atoms with Crippen LogP contribution in [-0.4, -0.2) is 0 Å². The van der Waals surface area contributed by atoms with Gasteiger partial charge in [-0.2, -0.15) is 0 Å². The standard InChI is InChI=1S/C6H3O6P3/c7-13-10-4-1-5(11-14-8)3-6(2-4)12-15-9/h1-3H. The van der Waals surface area contributed by atoms with Gasteiger partial charge in [-0.15, -0.1) is 0 Å². The molecule has 0 atom stereocenters. The van der Waals surface area contributed by atoms with Crippen LogP contribution in [0.1, 0.15) is 0 Å². The van der Waals surface area contributed by atoms with Crippen LogP contribution in [0.25, 0.3) is 0 Å². The van der Waals surface area contributed by atoms with Crippen LogP contribution in [0.15, 0.2) is 18.2 Å². The topological polar surface area (TPSA) is 78.9 Å². The molecule has 78 valence electrons. The highest BCUT2D eigenvalue weighted by molar-refractivity contribution is 7.18. The van der Waals surface area contributed by atoms with Gasteiger partial charge in [-0.3, -0.25) is 0 Å². The molecule has 1 aromatic carbocycles. The maximum atomic E-state index is 10.2. The molecular formula is C6H3O6P3. The number of hydrogen-bond acceptors (Lipinski definition) is 6. The Bertz CT molecular complexity index is 312. The lowest BCUT2D eigenvalue weighted by atomic mass is 10.3. The van der Waals surface area contributed by atoms with Gasteiger partial charge in [-0.05, 0) is 0 Å². The van der Waals surface area contributed by atoms with E-state index in [4.69, 9.17) is 0 Å². The second-order valence-electron chi connectivity index (χ2n) is 2.14. The summed E-state index contributed by atoms with van der Waals surface area (Å²) in [6.07, 6.45) is 0. The predicted molar refractivity (Wildman–Crippen MR) is 51.1 cm³/mol. The molecule has 0 fully saturated rings. The van der Waals surface area contributed by atoms with Crippen LogP contribution < -0.4 is 13.6 Å². The molecule has 0 unspecified atom stereocenters. The first-order chi connectivity index (χ1) is 7.30. The molecule has 0 heterocycles. The maximum Gasteiger partial charge on any atom is 0.395 e. The molecule has 0 radical (unpaired) electrons. The molecule has 0 aromatic heterocycles. The highest BCUT2D eigenvalue weighted by Crippen LogP contribution is 2.31. The fourth-order valence-electron chi connectivity index (χ4n) is 0.833. The summed E-state index contributed by atoms with van der Waals surface area (Å²) in [6.45, 7) is 0. The molecule has 1 rings (SSSR count). The number of rotatable bonds is 6. The summed E-state index contributed by atoms with van der Waals surface area (Å²) in [5.74, 6) is 0.518. The van der Waals surface area contributed by atoms with E-state index in [1.807, 2.05) is 0 Å². The Hall–Kier alpha value is -1.08. The van der Waals surface area contributed by atoms with E-state index in [0.717, 1.165) is 0 Å². The monoisotopic (exact) mass is 264 g/mol. The van der Waals surface area contributed by atoms with Gasteiger partial charge in [0, 0.05) is 18.2 Å². The third-order valence-electron chi connectivity index (χ3n) is 1.28. The Morgan fingerprint density at radius 2 is 0.933 bits per heavy atom. The second kappa shape index (κ2) is 6.41. The average molecular weight is 264 g/mol. The molecular weight excluding hydrogens is 261 g/mol. The molecule has 0 saturated heterocycles. The van der Waals surface area contributed by atoms with E-state index >= 15 is 0 Å². The normalized spacial score (nSPS) is 10.4. The lowest BCUT2D eigenvalue weighted by Crippen LogP contribution is -1.82.